The zero-order chi connectivity index (χ0) is 8.43. The summed E-state index contributed by atoms with van der Waals surface area (Å²) >= 11 is 7.99. The third-order valence-electron chi connectivity index (χ3n) is 0.994. The van der Waals surface area contributed by atoms with Crippen LogP contribution in [0, 0.1) is 5.82 Å². The van der Waals surface area contributed by atoms with Crippen LogP contribution in [0.4, 0.5) is 4.39 Å². The second-order valence-corrected chi connectivity index (χ2v) is 3.02. The van der Waals surface area contributed by atoms with E-state index in [1.807, 2.05) is 0 Å². The number of hydrogen-bond donors (Lipinski definition) is 0. The molecule has 0 aliphatic carbocycles. The van der Waals surface area contributed by atoms with Crippen LogP contribution in [0.15, 0.2) is 16.7 Å². The molecule has 58 valence electrons. The lowest BCUT2D eigenvalue weighted by Crippen LogP contribution is -1.97. The maximum Gasteiger partial charge on any atom is 0.273 e. The van der Waals surface area contributed by atoms with Crippen molar-refractivity contribution in [1.29, 1.82) is 0 Å². The van der Waals surface area contributed by atoms with E-state index >= 15 is 0 Å². The Bertz CT molecular complexity index is 305. The van der Waals surface area contributed by atoms with Crippen molar-refractivity contribution in [3.8, 4) is 0 Å². The van der Waals surface area contributed by atoms with E-state index in [2.05, 4.69) is 20.9 Å². The summed E-state index contributed by atoms with van der Waals surface area (Å²) in [6, 6.07) is 1.13. The molecule has 1 aromatic rings. The minimum absolute atomic E-state index is 0.352. The highest BCUT2D eigenvalue weighted by atomic mass is 79.9. The first-order chi connectivity index (χ1) is 5.11. The Labute approximate surface area is 75.5 Å². The van der Waals surface area contributed by atoms with Crippen LogP contribution in [0.2, 0.25) is 0 Å². The van der Waals surface area contributed by atoms with Crippen molar-refractivity contribution in [1.82, 2.24) is 4.98 Å². The number of aromatic nitrogens is 1. The molecule has 0 radical (unpaired) electrons. The monoisotopic (exact) mass is 237 g/mol. The average Bonchev–Trinajstić information content (AvgIpc) is 1.85. The van der Waals surface area contributed by atoms with Gasteiger partial charge in [-0.1, -0.05) is 0 Å². The molecule has 2 nitrogen and oxygen atoms in total. The molecule has 0 spiro atoms. The van der Waals surface area contributed by atoms with Crippen molar-refractivity contribution >= 4 is 32.8 Å². The van der Waals surface area contributed by atoms with Gasteiger partial charge in [0.1, 0.15) is 0 Å². The molecule has 1 aromatic heterocycles. The molecule has 0 N–H and O–H groups in total. The Kier molecular flexibility index (Phi) is 2.57. The van der Waals surface area contributed by atoms with Gasteiger partial charge in [0.15, 0.2) is 11.5 Å². The molecule has 11 heavy (non-hydrogen) atoms. The molecule has 0 aromatic carbocycles. The summed E-state index contributed by atoms with van der Waals surface area (Å²) in [5, 5.41) is -0.894. The fourth-order valence-electron chi connectivity index (χ4n) is 0.559. The Morgan fingerprint density at radius 2 is 2.36 bits per heavy atom. The Morgan fingerprint density at radius 1 is 1.73 bits per heavy atom. The van der Waals surface area contributed by atoms with Crippen molar-refractivity contribution in [3.05, 3.63) is 28.2 Å². The van der Waals surface area contributed by atoms with Gasteiger partial charge in [-0.15, -0.1) is 0 Å². The fraction of sp³-hybridized carbons (Fsp3) is 0. The fourth-order valence-corrected chi connectivity index (χ4v) is 1.00. The lowest BCUT2D eigenvalue weighted by atomic mass is 10.3. The van der Waals surface area contributed by atoms with Crippen LogP contribution in [0.3, 0.4) is 0 Å². The van der Waals surface area contributed by atoms with Crippen molar-refractivity contribution in [2.24, 2.45) is 0 Å². The number of carbonyl (C=O) groups is 1. The van der Waals surface area contributed by atoms with Gasteiger partial charge in [-0.3, -0.25) is 4.79 Å². The summed E-state index contributed by atoms with van der Waals surface area (Å²) in [6.07, 6.45) is 1.30. The summed E-state index contributed by atoms with van der Waals surface area (Å²) < 4.78 is 13.2. The standard InChI is InChI=1S/C6H2BrClFNO/c7-3-1-4(9)5(6(8)11)10-2-3/h1-2H. The van der Waals surface area contributed by atoms with E-state index in [0.717, 1.165) is 6.07 Å². The van der Waals surface area contributed by atoms with E-state index in [1.165, 1.54) is 6.20 Å². The number of rotatable bonds is 1. The predicted octanol–water partition coefficient (Wildman–Crippen LogP) is 2.36. The molecular weight excluding hydrogens is 236 g/mol. The number of nitrogens with zero attached hydrogens (tertiary/aromatic N) is 1. The summed E-state index contributed by atoms with van der Waals surface area (Å²) in [6.45, 7) is 0. The highest BCUT2D eigenvalue weighted by Crippen LogP contribution is 2.13. The second kappa shape index (κ2) is 3.28. The maximum absolute atomic E-state index is 12.7. The molecular formula is C6H2BrClFNO. The van der Waals surface area contributed by atoms with Crippen molar-refractivity contribution < 1.29 is 9.18 Å². The van der Waals surface area contributed by atoms with E-state index in [9.17, 15) is 9.18 Å². The summed E-state index contributed by atoms with van der Waals surface area (Å²) in [7, 11) is 0. The van der Waals surface area contributed by atoms with E-state index in [4.69, 9.17) is 11.6 Å². The number of halogens is 3. The van der Waals surface area contributed by atoms with Crippen LogP contribution in [-0.2, 0) is 0 Å². The van der Waals surface area contributed by atoms with Crippen LogP contribution in [0.25, 0.3) is 0 Å². The second-order valence-electron chi connectivity index (χ2n) is 1.76. The van der Waals surface area contributed by atoms with Gasteiger partial charge in [-0.25, -0.2) is 9.37 Å². The van der Waals surface area contributed by atoms with Gasteiger partial charge in [-0.2, -0.15) is 0 Å². The smallest absolute Gasteiger partial charge is 0.273 e. The minimum atomic E-state index is -0.894. The third-order valence-corrected chi connectivity index (χ3v) is 1.61. The van der Waals surface area contributed by atoms with Gasteiger partial charge in [0, 0.05) is 10.7 Å². The van der Waals surface area contributed by atoms with Crippen molar-refractivity contribution in [3.63, 3.8) is 0 Å². The molecule has 1 heterocycles. The van der Waals surface area contributed by atoms with Crippen LogP contribution in [0.5, 0.6) is 0 Å². The first kappa shape index (κ1) is 8.62. The van der Waals surface area contributed by atoms with Crippen LogP contribution < -0.4 is 0 Å². The third kappa shape index (κ3) is 1.97. The van der Waals surface area contributed by atoms with Gasteiger partial charge in [0.25, 0.3) is 5.24 Å². The zero-order valence-corrected chi connectivity index (χ0v) is 7.49. The van der Waals surface area contributed by atoms with Gasteiger partial charge in [0.05, 0.1) is 0 Å². The Morgan fingerprint density at radius 3 is 2.82 bits per heavy atom. The van der Waals surface area contributed by atoms with E-state index < -0.39 is 11.1 Å². The van der Waals surface area contributed by atoms with E-state index in [0.29, 0.717) is 4.47 Å². The molecule has 0 unspecified atom stereocenters. The molecule has 0 saturated heterocycles. The van der Waals surface area contributed by atoms with Crippen molar-refractivity contribution in [2.45, 2.75) is 0 Å². The quantitative estimate of drug-likeness (QED) is 0.703. The largest absolute Gasteiger partial charge is 0.274 e. The Hall–Kier alpha value is -0.480. The van der Waals surface area contributed by atoms with Gasteiger partial charge < -0.3 is 0 Å². The van der Waals surface area contributed by atoms with Crippen LogP contribution in [-0.4, -0.2) is 10.2 Å². The molecule has 0 aliphatic heterocycles. The number of hydrogen-bond acceptors (Lipinski definition) is 2. The number of pyridine rings is 1. The van der Waals surface area contributed by atoms with Crippen LogP contribution in [0.1, 0.15) is 10.5 Å². The molecule has 0 fully saturated rings. The summed E-state index contributed by atoms with van der Waals surface area (Å²) in [4.78, 5) is 13.9. The number of carbonyl (C=O) groups excluding carboxylic acids is 1. The first-order valence-corrected chi connectivity index (χ1v) is 3.79. The molecule has 0 bridgehead atoms. The molecule has 5 heteroatoms. The first-order valence-electron chi connectivity index (χ1n) is 2.62. The minimum Gasteiger partial charge on any atom is -0.274 e. The maximum atomic E-state index is 12.7. The highest BCUT2D eigenvalue weighted by Gasteiger charge is 2.10. The van der Waals surface area contributed by atoms with Crippen LogP contribution >= 0.6 is 27.5 Å². The highest BCUT2D eigenvalue weighted by molar-refractivity contribution is 9.10. The van der Waals surface area contributed by atoms with E-state index in [-0.39, 0.29) is 5.69 Å². The molecule has 0 saturated carbocycles. The SMILES string of the molecule is O=C(Cl)c1ncc(Br)cc1F. The summed E-state index contributed by atoms with van der Waals surface area (Å²) in [5.74, 6) is -0.723. The zero-order valence-electron chi connectivity index (χ0n) is 5.14. The lowest BCUT2D eigenvalue weighted by Gasteiger charge is -1.94. The van der Waals surface area contributed by atoms with E-state index in [1.54, 1.807) is 0 Å². The molecule has 1 rings (SSSR count). The molecule has 0 amide bonds. The normalized spacial score (nSPS) is 9.73. The Balaban J connectivity index is 3.20. The topological polar surface area (TPSA) is 30.0 Å². The summed E-state index contributed by atoms with van der Waals surface area (Å²) in [5.41, 5.74) is -0.352. The molecule has 0 atom stereocenters. The lowest BCUT2D eigenvalue weighted by molar-refractivity contribution is 0.107. The average molecular weight is 238 g/mol. The predicted molar refractivity (Wildman–Crippen MR) is 42.1 cm³/mol. The van der Waals surface area contributed by atoms with Crippen molar-refractivity contribution in [2.75, 3.05) is 0 Å². The van der Waals surface area contributed by atoms with Gasteiger partial charge in [-0.05, 0) is 33.6 Å². The molecule has 0 aliphatic rings. The van der Waals surface area contributed by atoms with Gasteiger partial charge in [0.2, 0.25) is 0 Å². The van der Waals surface area contributed by atoms with Gasteiger partial charge >= 0.3 is 0 Å².